The highest BCUT2D eigenvalue weighted by molar-refractivity contribution is 7.17. The topological polar surface area (TPSA) is 55.7 Å². The molecular weight excluding hydrogens is 246 g/mol. The Labute approximate surface area is 110 Å². The Hall–Kier alpha value is -1.62. The first kappa shape index (κ1) is 12.8. The summed E-state index contributed by atoms with van der Waals surface area (Å²) in [6.07, 6.45) is 4.19. The van der Waals surface area contributed by atoms with E-state index < -0.39 is 0 Å². The second-order valence-corrected chi connectivity index (χ2v) is 5.18. The van der Waals surface area contributed by atoms with Crippen molar-refractivity contribution in [2.75, 3.05) is 0 Å². The molecule has 0 bridgehead atoms. The molecule has 1 atom stereocenters. The molecule has 1 unspecified atom stereocenters. The zero-order valence-corrected chi connectivity index (χ0v) is 11.5. The molecule has 2 aromatic heterocycles. The van der Waals surface area contributed by atoms with Gasteiger partial charge in [-0.05, 0) is 19.4 Å². The molecule has 94 valence electrons. The first-order chi connectivity index (χ1) is 8.63. The third-order valence-electron chi connectivity index (χ3n) is 2.84. The van der Waals surface area contributed by atoms with Gasteiger partial charge in [0.15, 0.2) is 16.6 Å². The molecule has 0 radical (unpaired) electrons. The molecule has 0 aliphatic carbocycles. The van der Waals surface area contributed by atoms with Crippen LogP contribution in [0.3, 0.4) is 0 Å². The number of aromatic nitrogens is 3. The second kappa shape index (κ2) is 5.35. The Morgan fingerprint density at radius 3 is 2.67 bits per heavy atom. The highest BCUT2D eigenvalue weighted by Gasteiger charge is 2.20. The van der Waals surface area contributed by atoms with Crippen LogP contribution in [-0.4, -0.2) is 20.7 Å². The van der Waals surface area contributed by atoms with E-state index in [4.69, 9.17) is 0 Å². The van der Waals surface area contributed by atoms with Crippen LogP contribution in [0.15, 0.2) is 18.5 Å². The lowest BCUT2D eigenvalue weighted by molar-refractivity contribution is 0.0930. The van der Waals surface area contributed by atoms with Crippen molar-refractivity contribution in [2.45, 2.75) is 27.2 Å². The molecule has 2 heterocycles. The van der Waals surface area contributed by atoms with E-state index >= 15 is 0 Å². The number of ketones is 1. The zero-order chi connectivity index (χ0) is 13.1. The minimum absolute atomic E-state index is 0.0358. The summed E-state index contributed by atoms with van der Waals surface area (Å²) in [6.45, 7) is 5.82. The maximum absolute atomic E-state index is 12.2. The van der Waals surface area contributed by atoms with Gasteiger partial charge in [0.2, 0.25) is 0 Å². The fraction of sp³-hybridized carbons (Fsp3) is 0.385. The highest BCUT2D eigenvalue weighted by Crippen LogP contribution is 2.27. The van der Waals surface area contributed by atoms with Crippen LogP contribution in [0, 0.1) is 12.8 Å². The summed E-state index contributed by atoms with van der Waals surface area (Å²) in [6, 6.07) is 1.76. The number of Topliss-reactive ketones (excluding diaryl/α,β-unsaturated/α-hetero) is 1. The lowest BCUT2D eigenvalue weighted by atomic mass is 10.0. The third-order valence-corrected chi connectivity index (χ3v) is 4.01. The molecular formula is C13H15N3OS. The molecule has 0 aromatic carbocycles. The maximum Gasteiger partial charge on any atom is 0.188 e. The summed E-state index contributed by atoms with van der Waals surface area (Å²) in [5.74, 6) is 0.775. The quantitative estimate of drug-likeness (QED) is 0.793. The van der Waals surface area contributed by atoms with Gasteiger partial charge in [0, 0.05) is 18.3 Å². The monoisotopic (exact) mass is 261 g/mol. The molecule has 0 N–H and O–H groups in total. The van der Waals surface area contributed by atoms with Gasteiger partial charge in [0.25, 0.3) is 0 Å². The number of hydrogen-bond donors (Lipinski definition) is 0. The fourth-order valence-corrected chi connectivity index (χ4v) is 2.61. The Morgan fingerprint density at radius 2 is 2.06 bits per heavy atom. The van der Waals surface area contributed by atoms with Crippen molar-refractivity contribution >= 4 is 17.1 Å². The molecule has 0 spiro atoms. The number of carbonyl (C=O) groups excluding carboxylic acids is 1. The van der Waals surface area contributed by atoms with Crippen LogP contribution in [0.2, 0.25) is 0 Å². The summed E-state index contributed by atoms with van der Waals surface area (Å²) >= 11 is 1.38. The molecule has 4 nitrogen and oxygen atoms in total. The van der Waals surface area contributed by atoms with E-state index in [-0.39, 0.29) is 11.7 Å². The molecule has 18 heavy (non-hydrogen) atoms. The number of aryl methyl sites for hydroxylation is 1. The van der Waals surface area contributed by atoms with Crippen LogP contribution in [0.5, 0.6) is 0 Å². The van der Waals surface area contributed by atoms with Crippen LogP contribution in [0.4, 0.5) is 0 Å². The fourth-order valence-electron chi connectivity index (χ4n) is 1.54. The van der Waals surface area contributed by atoms with E-state index in [0.717, 1.165) is 17.0 Å². The van der Waals surface area contributed by atoms with E-state index in [9.17, 15) is 4.79 Å². The van der Waals surface area contributed by atoms with Crippen LogP contribution < -0.4 is 0 Å². The van der Waals surface area contributed by atoms with Gasteiger partial charge in [-0.25, -0.2) is 15.0 Å². The van der Waals surface area contributed by atoms with Crippen LogP contribution >= 0.6 is 11.3 Å². The Balaban J connectivity index is 2.36. The number of hydrogen-bond acceptors (Lipinski definition) is 5. The van der Waals surface area contributed by atoms with Gasteiger partial charge in [-0.3, -0.25) is 4.79 Å². The average molecular weight is 261 g/mol. The van der Waals surface area contributed by atoms with Crippen LogP contribution in [-0.2, 0) is 0 Å². The normalized spacial score (nSPS) is 12.4. The highest BCUT2D eigenvalue weighted by atomic mass is 32.1. The van der Waals surface area contributed by atoms with Crippen LogP contribution in [0.25, 0.3) is 10.8 Å². The van der Waals surface area contributed by atoms with E-state index in [2.05, 4.69) is 15.0 Å². The Morgan fingerprint density at radius 1 is 1.39 bits per heavy atom. The lowest BCUT2D eigenvalue weighted by Gasteiger charge is -2.04. The molecule has 0 fully saturated rings. The van der Waals surface area contributed by atoms with Crippen molar-refractivity contribution in [1.29, 1.82) is 0 Å². The molecule has 0 aliphatic heterocycles. The van der Waals surface area contributed by atoms with Crippen molar-refractivity contribution in [3.63, 3.8) is 0 Å². The summed E-state index contributed by atoms with van der Waals surface area (Å²) < 4.78 is 0. The van der Waals surface area contributed by atoms with Crippen molar-refractivity contribution in [3.8, 4) is 10.8 Å². The molecule has 0 saturated heterocycles. The van der Waals surface area contributed by atoms with Crippen LogP contribution in [0.1, 0.15) is 35.6 Å². The van der Waals surface area contributed by atoms with Gasteiger partial charge >= 0.3 is 0 Å². The first-order valence-corrected chi connectivity index (χ1v) is 6.74. The Bertz CT molecular complexity index is 551. The number of carbonyl (C=O) groups is 1. The summed E-state index contributed by atoms with van der Waals surface area (Å²) in [7, 11) is 0. The molecule has 0 saturated carbocycles. The first-order valence-electron chi connectivity index (χ1n) is 5.92. The zero-order valence-electron chi connectivity index (χ0n) is 10.7. The van der Waals surface area contributed by atoms with E-state index in [1.165, 1.54) is 11.3 Å². The standard InChI is InChI=1S/C13H15N3OS/c1-4-8(2)10(17)11-9(3)16-13(18-11)12-14-6-5-7-15-12/h5-8H,4H2,1-3H3. The largest absolute Gasteiger partial charge is 0.293 e. The predicted octanol–water partition coefficient (Wildman–Crippen LogP) is 3.14. The minimum Gasteiger partial charge on any atom is -0.293 e. The summed E-state index contributed by atoms with van der Waals surface area (Å²) in [4.78, 5) is 25.6. The van der Waals surface area contributed by atoms with E-state index in [1.807, 2.05) is 20.8 Å². The van der Waals surface area contributed by atoms with Gasteiger partial charge in [-0.1, -0.05) is 13.8 Å². The summed E-state index contributed by atoms with van der Waals surface area (Å²) in [5.41, 5.74) is 0.771. The molecule has 2 rings (SSSR count). The van der Waals surface area contributed by atoms with Gasteiger partial charge in [-0.15, -0.1) is 11.3 Å². The van der Waals surface area contributed by atoms with Gasteiger partial charge in [0.05, 0.1) is 10.6 Å². The lowest BCUT2D eigenvalue weighted by Crippen LogP contribution is -2.09. The van der Waals surface area contributed by atoms with Crippen molar-refractivity contribution in [2.24, 2.45) is 5.92 Å². The molecule has 2 aromatic rings. The SMILES string of the molecule is CCC(C)C(=O)c1sc(-c2ncccn2)nc1C. The van der Waals surface area contributed by atoms with Crippen molar-refractivity contribution in [3.05, 3.63) is 29.0 Å². The predicted molar refractivity (Wildman–Crippen MR) is 71.7 cm³/mol. The molecule has 0 amide bonds. The molecule has 0 aliphatic rings. The van der Waals surface area contributed by atoms with Crippen molar-refractivity contribution < 1.29 is 4.79 Å². The van der Waals surface area contributed by atoms with Gasteiger partial charge in [0.1, 0.15) is 0 Å². The average Bonchev–Trinajstić information content (AvgIpc) is 2.80. The second-order valence-electron chi connectivity index (χ2n) is 4.18. The number of thiazole rings is 1. The third kappa shape index (κ3) is 2.46. The Kier molecular flexibility index (Phi) is 3.81. The van der Waals surface area contributed by atoms with Gasteiger partial charge in [-0.2, -0.15) is 0 Å². The molecule has 5 heteroatoms. The van der Waals surface area contributed by atoms with E-state index in [0.29, 0.717) is 10.8 Å². The van der Waals surface area contributed by atoms with Gasteiger partial charge < -0.3 is 0 Å². The number of rotatable bonds is 4. The maximum atomic E-state index is 12.2. The minimum atomic E-state index is 0.0358. The number of nitrogens with zero attached hydrogens (tertiary/aromatic N) is 3. The van der Waals surface area contributed by atoms with E-state index in [1.54, 1.807) is 18.5 Å². The smallest absolute Gasteiger partial charge is 0.188 e. The van der Waals surface area contributed by atoms with Crippen molar-refractivity contribution in [1.82, 2.24) is 15.0 Å². The summed E-state index contributed by atoms with van der Waals surface area (Å²) in [5, 5.41) is 0.708.